The van der Waals surface area contributed by atoms with Crippen molar-refractivity contribution in [2.75, 3.05) is 0 Å². The number of nitrogens with two attached hydrogens (primary N) is 1. The van der Waals surface area contributed by atoms with Gasteiger partial charge in [0.15, 0.2) is 5.16 Å². The molecule has 0 radical (unpaired) electrons. The molecule has 1 rings (SSSR count). The monoisotopic (exact) mass is 259 g/mol. The van der Waals surface area contributed by atoms with E-state index in [4.69, 9.17) is 10.9 Å². The van der Waals surface area contributed by atoms with Crippen LogP contribution in [0, 0.1) is 0 Å². The van der Waals surface area contributed by atoms with Gasteiger partial charge in [-0.3, -0.25) is 4.57 Å². The minimum absolute atomic E-state index is 0.131. The highest BCUT2D eigenvalue weighted by atomic mass is 32.2. The first-order valence-corrected chi connectivity index (χ1v) is 6.28. The Balaban J connectivity index is 2.77. The molecule has 96 valence electrons. The van der Waals surface area contributed by atoms with E-state index in [-0.39, 0.29) is 16.8 Å². The number of oxime groups is 1. The second-order valence-electron chi connectivity index (χ2n) is 3.50. The summed E-state index contributed by atoms with van der Waals surface area (Å²) in [5, 5.41) is 18.6. The average molecular weight is 259 g/mol. The van der Waals surface area contributed by atoms with Crippen molar-refractivity contribution in [3.63, 3.8) is 0 Å². The second-order valence-corrected chi connectivity index (χ2v) is 4.77. The molecule has 8 heteroatoms. The van der Waals surface area contributed by atoms with Crippen molar-refractivity contribution in [1.29, 1.82) is 0 Å². The van der Waals surface area contributed by atoms with E-state index in [9.17, 15) is 4.79 Å². The molecule has 0 spiro atoms. The summed E-state index contributed by atoms with van der Waals surface area (Å²) < 4.78 is 1.56. The van der Waals surface area contributed by atoms with Gasteiger partial charge in [0.05, 0.1) is 0 Å². The first-order valence-electron chi connectivity index (χ1n) is 5.40. The molecular formula is C9H17N5O2S. The van der Waals surface area contributed by atoms with Crippen LogP contribution in [0.3, 0.4) is 0 Å². The summed E-state index contributed by atoms with van der Waals surface area (Å²) in [5.74, 6) is 0.185. The van der Waals surface area contributed by atoms with Crippen LogP contribution in [0.2, 0.25) is 0 Å². The lowest BCUT2D eigenvalue weighted by Gasteiger charge is -2.12. The van der Waals surface area contributed by atoms with Crippen molar-refractivity contribution < 1.29 is 5.21 Å². The van der Waals surface area contributed by atoms with Crippen molar-refractivity contribution in [1.82, 2.24) is 14.8 Å². The van der Waals surface area contributed by atoms with Crippen LogP contribution in [0.4, 0.5) is 0 Å². The molecular weight excluding hydrogens is 242 g/mol. The van der Waals surface area contributed by atoms with Crippen LogP contribution in [0.5, 0.6) is 0 Å². The lowest BCUT2D eigenvalue weighted by atomic mass is 10.2. The maximum Gasteiger partial charge on any atom is 0.343 e. The fourth-order valence-electron chi connectivity index (χ4n) is 1.36. The highest BCUT2D eigenvalue weighted by molar-refractivity contribution is 7.99. The van der Waals surface area contributed by atoms with Crippen molar-refractivity contribution in [2.45, 2.75) is 43.6 Å². The van der Waals surface area contributed by atoms with E-state index in [1.165, 1.54) is 11.8 Å². The van der Waals surface area contributed by atoms with E-state index in [0.717, 1.165) is 6.42 Å². The molecule has 0 aliphatic carbocycles. The van der Waals surface area contributed by atoms with Gasteiger partial charge in [-0.25, -0.2) is 9.89 Å². The molecule has 1 aromatic rings. The van der Waals surface area contributed by atoms with E-state index in [1.807, 2.05) is 13.8 Å². The number of amidine groups is 1. The Hall–Kier alpha value is -1.44. The topological polar surface area (TPSA) is 109 Å². The van der Waals surface area contributed by atoms with Crippen LogP contribution in [-0.2, 0) is 6.54 Å². The SMILES string of the molecule is CCC(CC(N)=NO)Sc1n[nH]c(=O)n1CC. The number of thioether (sulfide) groups is 1. The van der Waals surface area contributed by atoms with Gasteiger partial charge in [-0.15, -0.1) is 5.10 Å². The van der Waals surface area contributed by atoms with Crippen LogP contribution in [0.25, 0.3) is 0 Å². The Morgan fingerprint density at radius 1 is 1.71 bits per heavy atom. The first-order chi connectivity index (χ1) is 8.12. The van der Waals surface area contributed by atoms with Gasteiger partial charge in [-0.1, -0.05) is 23.8 Å². The van der Waals surface area contributed by atoms with E-state index in [2.05, 4.69) is 15.4 Å². The number of nitrogens with one attached hydrogen (secondary N) is 1. The number of aromatic amines is 1. The highest BCUT2D eigenvalue weighted by Crippen LogP contribution is 2.24. The minimum Gasteiger partial charge on any atom is -0.409 e. The number of aromatic nitrogens is 3. The number of H-pyrrole nitrogens is 1. The zero-order chi connectivity index (χ0) is 12.8. The second kappa shape index (κ2) is 6.33. The van der Waals surface area contributed by atoms with Crippen LogP contribution in [0.1, 0.15) is 26.7 Å². The Labute approximate surface area is 103 Å². The van der Waals surface area contributed by atoms with Crippen LogP contribution >= 0.6 is 11.8 Å². The van der Waals surface area contributed by atoms with Gasteiger partial charge in [0.1, 0.15) is 5.84 Å². The molecule has 0 aromatic carbocycles. The number of hydrogen-bond donors (Lipinski definition) is 3. The number of rotatable bonds is 6. The van der Waals surface area contributed by atoms with Crippen molar-refractivity contribution >= 4 is 17.6 Å². The minimum atomic E-state index is -0.214. The van der Waals surface area contributed by atoms with E-state index in [0.29, 0.717) is 18.1 Å². The predicted octanol–water partition coefficient (Wildman–Crippen LogP) is 0.599. The molecule has 0 saturated carbocycles. The van der Waals surface area contributed by atoms with Gasteiger partial charge in [-0.05, 0) is 13.3 Å². The molecule has 0 amide bonds. The summed E-state index contributed by atoms with van der Waals surface area (Å²) in [6.45, 7) is 4.45. The first kappa shape index (κ1) is 13.6. The predicted molar refractivity (Wildman–Crippen MR) is 66.5 cm³/mol. The maximum absolute atomic E-state index is 11.4. The molecule has 0 bridgehead atoms. The van der Waals surface area contributed by atoms with Crippen molar-refractivity contribution in [2.24, 2.45) is 10.9 Å². The quantitative estimate of drug-likeness (QED) is 0.228. The lowest BCUT2D eigenvalue weighted by Crippen LogP contribution is -2.20. The molecule has 0 aliphatic rings. The Morgan fingerprint density at radius 3 is 2.94 bits per heavy atom. The van der Waals surface area contributed by atoms with Crippen molar-refractivity contribution in [3.8, 4) is 0 Å². The van der Waals surface area contributed by atoms with Crippen LogP contribution < -0.4 is 11.4 Å². The Bertz CT molecular complexity index is 439. The summed E-state index contributed by atoms with van der Waals surface area (Å²) in [7, 11) is 0. The molecule has 7 nitrogen and oxygen atoms in total. The van der Waals surface area contributed by atoms with E-state index in [1.54, 1.807) is 4.57 Å². The van der Waals surface area contributed by atoms with Gasteiger partial charge in [0.2, 0.25) is 0 Å². The molecule has 1 heterocycles. The molecule has 1 aromatic heterocycles. The largest absolute Gasteiger partial charge is 0.409 e. The summed E-state index contributed by atoms with van der Waals surface area (Å²) >= 11 is 1.45. The molecule has 1 atom stereocenters. The fourth-order valence-corrected chi connectivity index (χ4v) is 2.52. The third kappa shape index (κ3) is 3.52. The Kier molecular flexibility index (Phi) is 5.08. The van der Waals surface area contributed by atoms with Crippen LogP contribution in [0.15, 0.2) is 15.1 Å². The average Bonchev–Trinajstić information content (AvgIpc) is 2.68. The van der Waals surface area contributed by atoms with Gasteiger partial charge >= 0.3 is 5.69 Å². The summed E-state index contributed by atoms with van der Waals surface area (Å²) in [6.07, 6.45) is 1.30. The third-order valence-electron chi connectivity index (χ3n) is 2.33. The molecule has 0 fully saturated rings. The molecule has 1 unspecified atom stereocenters. The van der Waals surface area contributed by atoms with Crippen molar-refractivity contribution in [3.05, 3.63) is 10.5 Å². The highest BCUT2D eigenvalue weighted by Gasteiger charge is 2.15. The zero-order valence-electron chi connectivity index (χ0n) is 9.88. The Morgan fingerprint density at radius 2 is 2.41 bits per heavy atom. The standard InChI is InChI=1S/C9H17N5O2S/c1-3-6(5-7(10)13-16)17-9-12-11-8(15)14(9)4-2/h6,16H,3-5H2,1-2H3,(H2,10,13)(H,11,15). The van der Waals surface area contributed by atoms with E-state index < -0.39 is 0 Å². The molecule has 0 saturated heterocycles. The van der Waals surface area contributed by atoms with E-state index >= 15 is 0 Å². The maximum atomic E-state index is 11.4. The third-order valence-corrected chi connectivity index (χ3v) is 3.69. The number of nitrogens with zero attached hydrogens (tertiary/aromatic N) is 3. The summed E-state index contributed by atoms with van der Waals surface area (Å²) in [6, 6.07) is 0. The van der Waals surface area contributed by atoms with Gasteiger partial charge in [0.25, 0.3) is 0 Å². The smallest absolute Gasteiger partial charge is 0.343 e. The fraction of sp³-hybridized carbons (Fsp3) is 0.667. The normalized spacial score (nSPS) is 13.9. The summed E-state index contributed by atoms with van der Waals surface area (Å²) in [5.41, 5.74) is 5.25. The van der Waals surface area contributed by atoms with Gasteiger partial charge in [0, 0.05) is 18.2 Å². The number of hydrogen-bond acceptors (Lipinski definition) is 5. The zero-order valence-corrected chi connectivity index (χ0v) is 10.7. The van der Waals surface area contributed by atoms with Gasteiger partial charge in [-0.2, -0.15) is 0 Å². The molecule has 0 aliphatic heterocycles. The molecule has 4 N–H and O–H groups in total. The van der Waals surface area contributed by atoms with Gasteiger partial charge < -0.3 is 10.9 Å². The van der Waals surface area contributed by atoms with Crippen LogP contribution in [-0.4, -0.2) is 31.1 Å². The molecule has 17 heavy (non-hydrogen) atoms. The lowest BCUT2D eigenvalue weighted by molar-refractivity contribution is 0.316. The summed E-state index contributed by atoms with van der Waals surface area (Å²) in [4.78, 5) is 11.4.